The van der Waals surface area contributed by atoms with Gasteiger partial charge >= 0.3 is 0 Å². The molecule has 0 amide bonds. The smallest absolute Gasteiger partial charge is 0.0936 e. The lowest BCUT2D eigenvalue weighted by molar-refractivity contribution is -0.176. The van der Waals surface area contributed by atoms with Gasteiger partial charge in [-0.25, -0.2) is 0 Å². The van der Waals surface area contributed by atoms with E-state index < -0.39 is 0 Å². The normalized spacial score (nSPS) is 12.6. The zero-order valence-electron chi connectivity index (χ0n) is 10.8. The van der Waals surface area contributed by atoms with E-state index in [1.807, 2.05) is 48.5 Å². The van der Waals surface area contributed by atoms with Crippen molar-refractivity contribution in [3.63, 3.8) is 0 Å². The van der Waals surface area contributed by atoms with Gasteiger partial charge in [0.25, 0.3) is 0 Å². The van der Waals surface area contributed by atoms with Crippen LogP contribution in [0.4, 0.5) is 0 Å². The third-order valence-corrected chi connectivity index (χ3v) is 2.94. The predicted molar refractivity (Wildman–Crippen MR) is 71.6 cm³/mol. The second-order valence-electron chi connectivity index (χ2n) is 4.24. The lowest BCUT2D eigenvalue weighted by Crippen LogP contribution is -2.23. The molecule has 0 aliphatic heterocycles. The molecule has 0 fully saturated rings. The number of hydroxylamine groups is 2. The summed E-state index contributed by atoms with van der Waals surface area (Å²) in [7, 11) is 1.93. The molecule has 0 aliphatic rings. The summed E-state index contributed by atoms with van der Waals surface area (Å²) in [5, 5.41) is 1.84. The SMILES string of the molecule is CC(c1ccccn1)N(C)OCc1ccccc1. The molecule has 0 N–H and O–H groups in total. The Labute approximate surface area is 108 Å². The Hall–Kier alpha value is -1.71. The lowest BCUT2D eigenvalue weighted by Gasteiger charge is -2.23. The highest BCUT2D eigenvalue weighted by Gasteiger charge is 2.12. The van der Waals surface area contributed by atoms with E-state index in [0.29, 0.717) is 6.61 Å². The van der Waals surface area contributed by atoms with Crippen molar-refractivity contribution in [1.29, 1.82) is 0 Å². The summed E-state index contributed by atoms with van der Waals surface area (Å²) in [5.41, 5.74) is 2.17. The minimum Gasteiger partial charge on any atom is -0.294 e. The van der Waals surface area contributed by atoms with Gasteiger partial charge in [-0.15, -0.1) is 0 Å². The Morgan fingerprint density at radius 3 is 2.50 bits per heavy atom. The zero-order valence-corrected chi connectivity index (χ0v) is 10.8. The summed E-state index contributed by atoms with van der Waals surface area (Å²) in [6.45, 7) is 2.65. The average molecular weight is 242 g/mol. The van der Waals surface area contributed by atoms with Crippen LogP contribution in [0.5, 0.6) is 0 Å². The van der Waals surface area contributed by atoms with Crippen LogP contribution >= 0.6 is 0 Å². The van der Waals surface area contributed by atoms with Crippen molar-refractivity contribution in [2.24, 2.45) is 0 Å². The maximum Gasteiger partial charge on any atom is 0.0936 e. The molecule has 1 unspecified atom stereocenters. The first-order chi connectivity index (χ1) is 8.77. The topological polar surface area (TPSA) is 25.4 Å². The average Bonchev–Trinajstić information content (AvgIpc) is 2.46. The van der Waals surface area contributed by atoms with Crippen LogP contribution in [0.3, 0.4) is 0 Å². The lowest BCUT2D eigenvalue weighted by atomic mass is 10.2. The Balaban J connectivity index is 1.90. The van der Waals surface area contributed by atoms with Crippen LogP contribution in [0.25, 0.3) is 0 Å². The summed E-state index contributed by atoms with van der Waals surface area (Å²) in [5.74, 6) is 0. The molecule has 94 valence electrons. The molecule has 3 heteroatoms. The first-order valence-corrected chi connectivity index (χ1v) is 6.08. The molecule has 2 aromatic rings. The number of benzene rings is 1. The molecule has 1 aromatic carbocycles. The maximum atomic E-state index is 5.74. The molecule has 3 nitrogen and oxygen atoms in total. The molecular formula is C15H18N2O. The Bertz CT molecular complexity index is 458. The quantitative estimate of drug-likeness (QED) is 0.753. The van der Waals surface area contributed by atoms with Crippen LogP contribution in [0, 0.1) is 0 Å². The van der Waals surface area contributed by atoms with E-state index in [2.05, 4.69) is 24.0 Å². The van der Waals surface area contributed by atoms with Gasteiger partial charge < -0.3 is 0 Å². The zero-order chi connectivity index (χ0) is 12.8. The minimum absolute atomic E-state index is 0.134. The van der Waals surface area contributed by atoms with Gasteiger partial charge in [-0.1, -0.05) is 36.4 Å². The van der Waals surface area contributed by atoms with Crippen LogP contribution in [-0.2, 0) is 11.4 Å². The number of nitrogens with zero attached hydrogens (tertiary/aromatic N) is 2. The predicted octanol–water partition coefficient (Wildman–Crippen LogP) is 3.21. The monoisotopic (exact) mass is 242 g/mol. The molecule has 0 saturated heterocycles. The summed E-state index contributed by atoms with van der Waals surface area (Å²) in [6.07, 6.45) is 1.80. The summed E-state index contributed by atoms with van der Waals surface area (Å²) in [6, 6.07) is 16.2. The van der Waals surface area contributed by atoms with Crippen molar-refractivity contribution in [3.8, 4) is 0 Å². The molecule has 0 spiro atoms. The largest absolute Gasteiger partial charge is 0.294 e. The van der Waals surface area contributed by atoms with Crippen molar-refractivity contribution in [3.05, 3.63) is 66.0 Å². The second kappa shape index (κ2) is 6.28. The van der Waals surface area contributed by atoms with Gasteiger partial charge in [0.2, 0.25) is 0 Å². The number of pyridine rings is 1. The molecular weight excluding hydrogens is 224 g/mol. The van der Waals surface area contributed by atoms with E-state index in [4.69, 9.17) is 4.84 Å². The van der Waals surface area contributed by atoms with Crippen LogP contribution < -0.4 is 0 Å². The van der Waals surface area contributed by atoms with Crippen LogP contribution in [0.2, 0.25) is 0 Å². The summed E-state index contributed by atoms with van der Waals surface area (Å²) in [4.78, 5) is 10.1. The van der Waals surface area contributed by atoms with Crippen LogP contribution in [0.15, 0.2) is 54.7 Å². The van der Waals surface area contributed by atoms with Crippen LogP contribution in [0.1, 0.15) is 24.2 Å². The van der Waals surface area contributed by atoms with E-state index in [9.17, 15) is 0 Å². The van der Waals surface area contributed by atoms with Gasteiger partial charge in [-0.2, -0.15) is 5.06 Å². The molecule has 0 bridgehead atoms. The van der Waals surface area contributed by atoms with Gasteiger partial charge in [0.05, 0.1) is 18.3 Å². The van der Waals surface area contributed by atoms with E-state index in [0.717, 1.165) is 11.3 Å². The molecule has 0 aliphatic carbocycles. The van der Waals surface area contributed by atoms with Gasteiger partial charge in [0.15, 0.2) is 0 Å². The highest BCUT2D eigenvalue weighted by atomic mass is 16.7. The summed E-state index contributed by atoms with van der Waals surface area (Å²) < 4.78 is 0. The fourth-order valence-corrected chi connectivity index (χ4v) is 1.67. The highest BCUT2D eigenvalue weighted by molar-refractivity contribution is 5.13. The van der Waals surface area contributed by atoms with Crippen molar-refractivity contribution in [2.75, 3.05) is 7.05 Å². The maximum absolute atomic E-state index is 5.74. The van der Waals surface area contributed by atoms with Crippen molar-refractivity contribution in [1.82, 2.24) is 10.0 Å². The fourth-order valence-electron chi connectivity index (χ4n) is 1.67. The van der Waals surface area contributed by atoms with Crippen molar-refractivity contribution < 1.29 is 4.84 Å². The molecule has 1 heterocycles. The standard InChI is InChI=1S/C15H18N2O/c1-13(15-10-6-7-11-16-15)17(2)18-12-14-8-4-3-5-9-14/h3-11,13H,12H2,1-2H3. The Kier molecular flexibility index (Phi) is 4.45. The van der Waals surface area contributed by atoms with Gasteiger partial charge in [0.1, 0.15) is 0 Å². The van der Waals surface area contributed by atoms with Crippen molar-refractivity contribution in [2.45, 2.75) is 19.6 Å². The van der Waals surface area contributed by atoms with Crippen LogP contribution in [-0.4, -0.2) is 17.1 Å². The van der Waals surface area contributed by atoms with Gasteiger partial charge in [-0.3, -0.25) is 9.82 Å². The molecule has 18 heavy (non-hydrogen) atoms. The van der Waals surface area contributed by atoms with E-state index >= 15 is 0 Å². The van der Waals surface area contributed by atoms with Crippen molar-refractivity contribution >= 4 is 0 Å². The molecule has 1 atom stereocenters. The number of aromatic nitrogens is 1. The van der Waals surface area contributed by atoms with E-state index in [1.54, 1.807) is 6.20 Å². The molecule has 0 radical (unpaired) electrons. The highest BCUT2D eigenvalue weighted by Crippen LogP contribution is 2.16. The Morgan fingerprint density at radius 1 is 1.11 bits per heavy atom. The third-order valence-electron chi connectivity index (χ3n) is 2.94. The number of rotatable bonds is 5. The molecule has 0 saturated carbocycles. The first-order valence-electron chi connectivity index (χ1n) is 6.08. The number of hydrogen-bond donors (Lipinski definition) is 0. The Morgan fingerprint density at radius 2 is 1.83 bits per heavy atom. The fraction of sp³-hybridized carbons (Fsp3) is 0.267. The minimum atomic E-state index is 0.134. The summed E-state index contributed by atoms with van der Waals surface area (Å²) >= 11 is 0. The first kappa shape index (κ1) is 12.7. The molecule has 2 rings (SSSR count). The van der Waals surface area contributed by atoms with E-state index in [-0.39, 0.29) is 6.04 Å². The third kappa shape index (κ3) is 3.39. The van der Waals surface area contributed by atoms with Gasteiger partial charge in [-0.05, 0) is 24.6 Å². The second-order valence-corrected chi connectivity index (χ2v) is 4.24. The van der Waals surface area contributed by atoms with E-state index in [1.165, 1.54) is 0 Å². The number of hydrogen-bond acceptors (Lipinski definition) is 3. The van der Waals surface area contributed by atoms with Gasteiger partial charge in [0, 0.05) is 13.2 Å². The molecule has 1 aromatic heterocycles.